The van der Waals surface area contributed by atoms with Gasteiger partial charge in [0.2, 0.25) is 0 Å². The molecule has 0 saturated heterocycles. The van der Waals surface area contributed by atoms with Crippen molar-refractivity contribution in [3.8, 4) is 0 Å². The SMILES string of the molecule is N.O=[N+]([O-])[O-].O=[N+]([O-])[O-].O=[N+]([O-])[O-].O=[N+]([O-])[O-].[Pt+4]. The Morgan fingerprint density at radius 1 is 0.444 bits per heavy atom. The van der Waals surface area contributed by atoms with Crippen LogP contribution in [0.4, 0.5) is 0 Å². The molecule has 0 spiro atoms. The van der Waals surface area contributed by atoms with Crippen LogP contribution >= 0.6 is 0 Å². The molecule has 0 bridgehead atoms. The average Bonchev–Trinajstić information content (AvgIpc) is 1.76. The summed E-state index contributed by atoms with van der Waals surface area (Å²) in [4.78, 5) is 33.0. The molecule has 110 valence electrons. The minimum absolute atomic E-state index is 0. The van der Waals surface area contributed by atoms with Gasteiger partial charge in [0.05, 0.1) is 20.3 Å². The molecular formula is H3N5O12Pt. The standard InChI is InChI=1S/4NO3.H3N.Pt/c4*2-1(3)4;;/h;;;;1H3;/q4*-1;;+4. The second kappa shape index (κ2) is 29.3. The zero-order valence-electron chi connectivity index (χ0n) is 7.71. The van der Waals surface area contributed by atoms with Gasteiger partial charge < -0.3 is 67.4 Å². The Labute approximate surface area is 110 Å². The molecule has 0 aliphatic carbocycles. The van der Waals surface area contributed by atoms with Crippen LogP contribution in [0.25, 0.3) is 0 Å². The molecule has 0 unspecified atom stereocenters. The van der Waals surface area contributed by atoms with Crippen LogP contribution in [0.15, 0.2) is 0 Å². The fraction of sp³-hybridized carbons (Fsp3) is 0. The predicted octanol–water partition coefficient (Wildman–Crippen LogP) is -0.797. The van der Waals surface area contributed by atoms with Crippen molar-refractivity contribution < 1.29 is 41.4 Å². The average molecular weight is 460 g/mol. The number of hydrogen-bond acceptors (Lipinski definition) is 13. The van der Waals surface area contributed by atoms with Crippen molar-refractivity contribution in [3.05, 3.63) is 61.3 Å². The monoisotopic (exact) mass is 460 g/mol. The summed E-state index contributed by atoms with van der Waals surface area (Å²) in [5.41, 5.74) is 0. The van der Waals surface area contributed by atoms with Gasteiger partial charge in [-0.1, -0.05) is 0 Å². The van der Waals surface area contributed by atoms with Crippen LogP contribution < -0.4 is 6.15 Å². The molecule has 0 aromatic carbocycles. The summed E-state index contributed by atoms with van der Waals surface area (Å²) >= 11 is 0. The molecule has 18 heteroatoms. The Morgan fingerprint density at radius 2 is 0.444 bits per heavy atom. The minimum Gasteiger partial charge on any atom is -0.356 e. The van der Waals surface area contributed by atoms with Gasteiger partial charge in [0.25, 0.3) is 0 Å². The first kappa shape index (κ1) is 36.1. The molecule has 0 fully saturated rings. The van der Waals surface area contributed by atoms with Gasteiger partial charge in [0.15, 0.2) is 0 Å². The molecule has 0 aromatic rings. The zero-order chi connectivity index (χ0) is 14.3. The molecule has 3 N–H and O–H groups in total. The maximum absolute atomic E-state index is 8.25. The molecular weight excluding hydrogens is 457 g/mol. The van der Waals surface area contributed by atoms with Gasteiger partial charge in [-0.3, -0.25) is 0 Å². The molecule has 0 aliphatic rings. The number of hydrogen-bond donors (Lipinski definition) is 1. The summed E-state index contributed by atoms with van der Waals surface area (Å²) in [7, 11) is 0. The van der Waals surface area contributed by atoms with Crippen molar-refractivity contribution in [2.45, 2.75) is 0 Å². The molecule has 18 heavy (non-hydrogen) atoms. The maximum Gasteiger partial charge on any atom is 4.00 e. The van der Waals surface area contributed by atoms with E-state index in [1.165, 1.54) is 0 Å². The Morgan fingerprint density at radius 3 is 0.444 bits per heavy atom. The predicted molar refractivity (Wildman–Crippen MR) is 46.5 cm³/mol. The van der Waals surface area contributed by atoms with E-state index >= 15 is 0 Å². The molecule has 17 nitrogen and oxygen atoms in total. The summed E-state index contributed by atoms with van der Waals surface area (Å²) in [6.45, 7) is 0. The van der Waals surface area contributed by atoms with Crippen molar-refractivity contribution >= 4 is 0 Å². The Kier molecular flexibility index (Phi) is 58.7. The molecule has 0 saturated carbocycles. The molecule has 0 rings (SSSR count). The molecule has 0 atom stereocenters. The summed E-state index contributed by atoms with van der Waals surface area (Å²) in [6, 6.07) is 0. The van der Waals surface area contributed by atoms with E-state index in [9.17, 15) is 0 Å². The van der Waals surface area contributed by atoms with Gasteiger partial charge in [0.1, 0.15) is 0 Å². The van der Waals surface area contributed by atoms with Crippen molar-refractivity contribution in [1.29, 1.82) is 0 Å². The van der Waals surface area contributed by atoms with E-state index in [1.807, 2.05) is 0 Å². The van der Waals surface area contributed by atoms with Gasteiger partial charge in [-0.25, -0.2) is 0 Å². The van der Waals surface area contributed by atoms with E-state index in [0.717, 1.165) is 0 Å². The van der Waals surface area contributed by atoms with Gasteiger partial charge in [0, 0.05) is 0 Å². The molecule has 0 aliphatic heterocycles. The first-order valence-corrected chi connectivity index (χ1v) is 2.19. The van der Waals surface area contributed by atoms with Crippen LogP contribution in [-0.4, -0.2) is 20.3 Å². The van der Waals surface area contributed by atoms with E-state index in [0.29, 0.717) is 0 Å². The minimum atomic E-state index is -1.75. The van der Waals surface area contributed by atoms with Crippen LogP contribution in [-0.2, 0) is 21.1 Å². The van der Waals surface area contributed by atoms with E-state index in [4.69, 9.17) is 61.3 Å². The maximum atomic E-state index is 8.25. The molecule has 0 aromatic heterocycles. The third-order valence-electron chi connectivity index (χ3n) is 0. The van der Waals surface area contributed by atoms with Crippen LogP contribution in [0.3, 0.4) is 0 Å². The van der Waals surface area contributed by atoms with E-state index in [2.05, 4.69) is 0 Å². The largest absolute Gasteiger partial charge is 4.00 e. The van der Waals surface area contributed by atoms with E-state index in [-0.39, 0.29) is 27.2 Å². The first-order chi connectivity index (χ1) is 6.93. The summed E-state index contributed by atoms with van der Waals surface area (Å²) in [5, 5.41) is 59.0. The summed E-state index contributed by atoms with van der Waals surface area (Å²) < 4.78 is 0. The van der Waals surface area contributed by atoms with Crippen molar-refractivity contribution in [2.75, 3.05) is 0 Å². The van der Waals surface area contributed by atoms with Crippen molar-refractivity contribution in [3.63, 3.8) is 0 Å². The Bertz CT molecular complexity index is 161. The first-order valence-electron chi connectivity index (χ1n) is 2.19. The number of rotatable bonds is 0. The van der Waals surface area contributed by atoms with E-state index in [1.54, 1.807) is 0 Å². The molecule has 0 heterocycles. The van der Waals surface area contributed by atoms with E-state index < -0.39 is 20.3 Å². The van der Waals surface area contributed by atoms with Crippen molar-refractivity contribution in [1.82, 2.24) is 6.15 Å². The van der Waals surface area contributed by atoms with Crippen LogP contribution in [0.5, 0.6) is 0 Å². The summed E-state index contributed by atoms with van der Waals surface area (Å²) in [6.07, 6.45) is 0. The van der Waals surface area contributed by atoms with Gasteiger partial charge >= 0.3 is 21.1 Å². The smallest absolute Gasteiger partial charge is 0.356 e. The van der Waals surface area contributed by atoms with Crippen molar-refractivity contribution in [2.24, 2.45) is 0 Å². The van der Waals surface area contributed by atoms with Gasteiger partial charge in [-0.15, -0.1) is 0 Å². The van der Waals surface area contributed by atoms with Crippen LogP contribution in [0.2, 0.25) is 0 Å². The zero-order valence-corrected chi connectivity index (χ0v) is 9.98. The number of nitrogens with zero attached hydrogens (tertiary/aromatic N) is 4. The third-order valence-corrected chi connectivity index (χ3v) is 0. The fourth-order valence-corrected chi connectivity index (χ4v) is 0. The second-order valence-corrected chi connectivity index (χ2v) is 0.894. The molecule has 0 radical (unpaired) electrons. The third kappa shape index (κ3) is 320. The topological polar surface area (TPSA) is 300 Å². The Balaban J connectivity index is -0.0000000257. The van der Waals surface area contributed by atoms with Crippen LogP contribution in [0, 0.1) is 61.3 Å². The molecule has 0 amide bonds. The quantitative estimate of drug-likeness (QED) is 0.342. The van der Waals surface area contributed by atoms with Gasteiger partial charge in [-0.05, 0) is 0 Å². The van der Waals surface area contributed by atoms with Gasteiger partial charge in [-0.2, -0.15) is 0 Å². The fourth-order valence-electron chi connectivity index (χ4n) is 0. The summed E-state index contributed by atoms with van der Waals surface area (Å²) in [5.74, 6) is 0. The second-order valence-electron chi connectivity index (χ2n) is 0.894. The van der Waals surface area contributed by atoms with Crippen LogP contribution in [0.1, 0.15) is 0 Å². The Hall–Kier alpha value is -2.55. The normalized spacial score (nSPS) is 5.33.